The van der Waals surface area contributed by atoms with Gasteiger partial charge in [0.05, 0.1) is 6.10 Å². The number of rotatable bonds is 3. The molecule has 86 valence electrons. The molecular formula is C12H20O3. The topological polar surface area (TPSA) is 35.5 Å². The molecule has 0 saturated heterocycles. The number of carbonyl (C=O) groups excluding carboxylic acids is 1. The fraction of sp³-hybridized carbons (Fsp3) is 0.750. The Morgan fingerprint density at radius 3 is 2.33 bits per heavy atom. The normalized spacial score (nSPS) is 31.0. The quantitative estimate of drug-likeness (QED) is 0.532. The Morgan fingerprint density at radius 1 is 1.40 bits per heavy atom. The van der Waals surface area contributed by atoms with Crippen LogP contribution in [0.4, 0.5) is 0 Å². The highest BCUT2D eigenvalue weighted by Gasteiger charge is 2.34. The Kier molecular flexibility index (Phi) is 3.91. The van der Waals surface area contributed by atoms with Crippen molar-refractivity contribution in [3.63, 3.8) is 0 Å². The van der Waals surface area contributed by atoms with Gasteiger partial charge in [0.15, 0.2) is 0 Å². The lowest BCUT2D eigenvalue weighted by Crippen LogP contribution is -2.38. The zero-order chi connectivity index (χ0) is 11.5. The number of ether oxygens (including phenoxy) is 2. The Balaban J connectivity index is 2.48. The number of carbonyl (C=O) groups is 1. The summed E-state index contributed by atoms with van der Waals surface area (Å²) in [6.45, 7) is 7.24. The van der Waals surface area contributed by atoms with E-state index in [9.17, 15) is 4.79 Å². The van der Waals surface area contributed by atoms with E-state index in [0.717, 1.165) is 25.7 Å². The number of esters is 1. The van der Waals surface area contributed by atoms with Gasteiger partial charge in [-0.15, -0.1) is 0 Å². The molecule has 1 fully saturated rings. The smallest absolute Gasteiger partial charge is 0.333 e. The molecule has 0 aromatic carbocycles. The van der Waals surface area contributed by atoms with Gasteiger partial charge < -0.3 is 9.47 Å². The highest BCUT2D eigenvalue weighted by atomic mass is 16.6. The van der Waals surface area contributed by atoms with Gasteiger partial charge in [0.1, 0.15) is 5.60 Å². The molecule has 0 heterocycles. The largest absolute Gasteiger partial charge is 0.456 e. The molecule has 0 N–H and O–H groups in total. The van der Waals surface area contributed by atoms with Gasteiger partial charge in [-0.3, -0.25) is 0 Å². The van der Waals surface area contributed by atoms with Crippen molar-refractivity contribution >= 4 is 5.97 Å². The van der Waals surface area contributed by atoms with Gasteiger partial charge in [-0.1, -0.05) is 6.58 Å². The second-order valence-electron chi connectivity index (χ2n) is 4.55. The van der Waals surface area contributed by atoms with Crippen molar-refractivity contribution in [1.29, 1.82) is 0 Å². The first-order chi connectivity index (χ1) is 6.97. The molecule has 0 bridgehead atoms. The fourth-order valence-corrected chi connectivity index (χ4v) is 1.85. The third-order valence-corrected chi connectivity index (χ3v) is 3.01. The monoisotopic (exact) mass is 212 g/mol. The molecule has 15 heavy (non-hydrogen) atoms. The van der Waals surface area contributed by atoms with Crippen LogP contribution in [0.5, 0.6) is 0 Å². The number of hydrogen-bond donors (Lipinski definition) is 0. The van der Waals surface area contributed by atoms with Gasteiger partial charge >= 0.3 is 5.97 Å². The van der Waals surface area contributed by atoms with Gasteiger partial charge in [0.25, 0.3) is 0 Å². The lowest BCUT2D eigenvalue weighted by atomic mass is 9.84. The molecule has 1 saturated carbocycles. The van der Waals surface area contributed by atoms with Crippen molar-refractivity contribution in [3.05, 3.63) is 12.2 Å². The lowest BCUT2D eigenvalue weighted by molar-refractivity contribution is -0.158. The summed E-state index contributed by atoms with van der Waals surface area (Å²) in [5, 5.41) is 0. The molecule has 1 aliphatic carbocycles. The van der Waals surface area contributed by atoms with Crippen LogP contribution in [-0.4, -0.2) is 24.8 Å². The van der Waals surface area contributed by atoms with Gasteiger partial charge in [-0.25, -0.2) is 4.79 Å². The van der Waals surface area contributed by atoms with E-state index in [2.05, 4.69) is 6.58 Å². The van der Waals surface area contributed by atoms with Crippen LogP contribution in [0.2, 0.25) is 0 Å². The maximum atomic E-state index is 11.4. The van der Waals surface area contributed by atoms with E-state index in [-0.39, 0.29) is 11.6 Å². The summed E-state index contributed by atoms with van der Waals surface area (Å²) in [6, 6.07) is 0. The Labute approximate surface area is 91.4 Å². The standard InChI is InChI=1S/C12H20O3/c1-9(2)11(13)15-12(3)7-5-10(14-4)6-8-12/h10H,1,5-8H2,2-4H3. The van der Waals surface area contributed by atoms with E-state index >= 15 is 0 Å². The predicted octanol–water partition coefficient (Wildman–Crippen LogP) is 2.45. The van der Waals surface area contributed by atoms with Crippen molar-refractivity contribution < 1.29 is 14.3 Å². The molecule has 0 spiro atoms. The SMILES string of the molecule is C=C(C)C(=O)OC1(C)CCC(OC)CC1. The van der Waals surface area contributed by atoms with Crippen LogP contribution in [-0.2, 0) is 14.3 Å². The Morgan fingerprint density at radius 2 is 1.93 bits per heavy atom. The molecule has 3 nitrogen and oxygen atoms in total. The minimum Gasteiger partial charge on any atom is -0.456 e. The zero-order valence-electron chi connectivity index (χ0n) is 9.84. The molecule has 0 aliphatic heterocycles. The molecule has 0 amide bonds. The molecular weight excluding hydrogens is 192 g/mol. The van der Waals surface area contributed by atoms with Gasteiger partial charge in [-0.2, -0.15) is 0 Å². The van der Waals surface area contributed by atoms with E-state index < -0.39 is 0 Å². The summed E-state index contributed by atoms with van der Waals surface area (Å²) in [7, 11) is 1.73. The molecule has 1 aliphatic rings. The summed E-state index contributed by atoms with van der Waals surface area (Å²) in [5.74, 6) is -0.284. The summed E-state index contributed by atoms with van der Waals surface area (Å²) in [4.78, 5) is 11.4. The van der Waals surface area contributed by atoms with E-state index in [4.69, 9.17) is 9.47 Å². The summed E-state index contributed by atoms with van der Waals surface area (Å²) >= 11 is 0. The first-order valence-electron chi connectivity index (χ1n) is 5.38. The fourth-order valence-electron chi connectivity index (χ4n) is 1.85. The Bertz CT molecular complexity index is 250. The highest BCUT2D eigenvalue weighted by molar-refractivity contribution is 5.87. The Hall–Kier alpha value is -0.830. The van der Waals surface area contributed by atoms with Crippen molar-refractivity contribution in [3.8, 4) is 0 Å². The number of methoxy groups -OCH3 is 1. The second-order valence-corrected chi connectivity index (χ2v) is 4.55. The second kappa shape index (κ2) is 4.79. The lowest BCUT2D eigenvalue weighted by Gasteiger charge is -2.36. The number of hydrogen-bond acceptors (Lipinski definition) is 3. The molecule has 0 unspecified atom stereocenters. The average molecular weight is 212 g/mol. The third kappa shape index (κ3) is 3.34. The molecule has 0 radical (unpaired) electrons. The molecule has 3 heteroatoms. The summed E-state index contributed by atoms with van der Waals surface area (Å²) in [6.07, 6.45) is 3.96. The minimum atomic E-state index is -0.328. The van der Waals surface area contributed by atoms with Crippen LogP contribution in [0.1, 0.15) is 39.5 Å². The maximum Gasteiger partial charge on any atom is 0.333 e. The highest BCUT2D eigenvalue weighted by Crippen LogP contribution is 2.32. The van der Waals surface area contributed by atoms with Crippen molar-refractivity contribution in [2.24, 2.45) is 0 Å². The van der Waals surface area contributed by atoms with Crippen LogP contribution in [0.25, 0.3) is 0 Å². The van der Waals surface area contributed by atoms with E-state index in [1.807, 2.05) is 6.92 Å². The molecule has 0 atom stereocenters. The molecule has 0 aromatic rings. The third-order valence-electron chi connectivity index (χ3n) is 3.01. The van der Waals surface area contributed by atoms with Crippen molar-refractivity contribution in [2.75, 3.05) is 7.11 Å². The summed E-state index contributed by atoms with van der Waals surface area (Å²) in [5.41, 5.74) is 0.135. The first kappa shape index (κ1) is 12.2. The van der Waals surface area contributed by atoms with Gasteiger partial charge in [-0.05, 0) is 39.5 Å². The van der Waals surface area contributed by atoms with Crippen LogP contribution in [0, 0.1) is 0 Å². The minimum absolute atomic E-state index is 0.284. The average Bonchev–Trinajstić information content (AvgIpc) is 2.18. The summed E-state index contributed by atoms with van der Waals surface area (Å²) < 4.78 is 10.7. The van der Waals surface area contributed by atoms with E-state index in [1.165, 1.54) is 0 Å². The van der Waals surface area contributed by atoms with Crippen LogP contribution in [0.15, 0.2) is 12.2 Å². The predicted molar refractivity (Wildman–Crippen MR) is 58.6 cm³/mol. The molecule has 1 rings (SSSR count). The maximum absolute atomic E-state index is 11.4. The van der Waals surface area contributed by atoms with Crippen LogP contribution in [0.3, 0.4) is 0 Å². The van der Waals surface area contributed by atoms with Gasteiger partial charge in [0.2, 0.25) is 0 Å². The van der Waals surface area contributed by atoms with Crippen molar-refractivity contribution in [1.82, 2.24) is 0 Å². The van der Waals surface area contributed by atoms with Crippen molar-refractivity contribution in [2.45, 2.75) is 51.2 Å². The van der Waals surface area contributed by atoms with Crippen LogP contribution < -0.4 is 0 Å². The zero-order valence-corrected chi connectivity index (χ0v) is 9.84. The van der Waals surface area contributed by atoms with E-state index in [1.54, 1.807) is 14.0 Å². The van der Waals surface area contributed by atoms with Gasteiger partial charge in [0, 0.05) is 12.7 Å². The first-order valence-corrected chi connectivity index (χ1v) is 5.38. The van der Waals surface area contributed by atoms with E-state index in [0.29, 0.717) is 11.7 Å². The van der Waals surface area contributed by atoms with Crippen LogP contribution >= 0.6 is 0 Å². The molecule has 0 aromatic heterocycles.